The zero-order chi connectivity index (χ0) is 11.9. The summed E-state index contributed by atoms with van der Waals surface area (Å²) in [5.41, 5.74) is -1.05. The molecule has 0 spiro atoms. The number of carbonyl (C=O) groups is 1. The van der Waals surface area contributed by atoms with E-state index in [1.165, 1.54) is 6.07 Å². The van der Waals surface area contributed by atoms with E-state index in [-0.39, 0.29) is 10.7 Å². The summed E-state index contributed by atoms with van der Waals surface area (Å²) in [4.78, 5) is 10.9. The normalized spacial score (nSPS) is 15.1. The zero-order valence-corrected chi connectivity index (χ0v) is 8.45. The third-order valence-corrected chi connectivity index (χ3v) is 2.20. The lowest BCUT2D eigenvalue weighted by atomic mass is 10.1. The molecule has 0 bridgehead atoms. The lowest BCUT2D eigenvalue weighted by molar-refractivity contribution is -0.139. The third-order valence-electron chi connectivity index (χ3n) is 1.98. The highest BCUT2D eigenvalue weighted by Crippen LogP contribution is 2.43. The van der Waals surface area contributed by atoms with Gasteiger partial charge in [0, 0.05) is 5.02 Å². The Morgan fingerprint density at radius 2 is 2.06 bits per heavy atom. The van der Waals surface area contributed by atoms with Crippen molar-refractivity contribution in [1.82, 2.24) is 0 Å². The van der Waals surface area contributed by atoms with Gasteiger partial charge in [-0.3, -0.25) is 4.79 Å². The average molecular weight is 252 g/mol. The Labute approximate surface area is 93.1 Å². The fourth-order valence-corrected chi connectivity index (χ4v) is 1.59. The van der Waals surface area contributed by atoms with Gasteiger partial charge in [-0.05, 0) is 12.1 Å². The van der Waals surface area contributed by atoms with E-state index >= 15 is 0 Å². The standard InChI is InChI=1S/C9H5ClF3NO2/c10-4-1-5(9(11,12)13)8-6(2-4)14-7(15)3-16-8/h1-2H,3H2,(H,14,15). The van der Waals surface area contributed by atoms with Crippen LogP contribution in [0.25, 0.3) is 0 Å². The van der Waals surface area contributed by atoms with Gasteiger partial charge in [0.15, 0.2) is 12.4 Å². The number of halogens is 4. The van der Waals surface area contributed by atoms with Crippen LogP contribution in [-0.4, -0.2) is 12.5 Å². The molecule has 0 fully saturated rings. The van der Waals surface area contributed by atoms with Gasteiger partial charge in [0.05, 0.1) is 5.69 Å². The average Bonchev–Trinajstić information content (AvgIpc) is 2.14. The highest BCUT2D eigenvalue weighted by atomic mass is 35.5. The zero-order valence-electron chi connectivity index (χ0n) is 7.69. The molecule has 1 N–H and O–H groups in total. The molecule has 16 heavy (non-hydrogen) atoms. The molecule has 0 aliphatic carbocycles. The minimum absolute atomic E-state index is 0.0592. The molecule has 2 rings (SSSR count). The van der Waals surface area contributed by atoms with Crippen LogP contribution >= 0.6 is 11.6 Å². The van der Waals surface area contributed by atoms with Crippen molar-refractivity contribution in [3.05, 3.63) is 22.7 Å². The van der Waals surface area contributed by atoms with Crippen LogP contribution in [0.15, 0.2) is 12.1 Å². The number of carbonyl (C=O) groups excluding carboxylic acids is 1. The Morgan fingerprint density at radius 3 is 2.69 bits per heavy atom. The van der Waals surface area contributed by atoms with Crippen LogP contribution in [0, 0.1) is 0 Å². The largest absolute Gasteiger partial charge is 0.481 e. The smallest absolute Gasteiger partial charge is 0.420 e. The molecule has 1 heterocycles. The molecule has 0 saturated heterocycles. The highest BCUT2D eigenvalue weighted by molar-refractivity contribution is 6.31. The van der Waals surface area contributed by atoms with Crippen LogP contribution in [0.4, 0.5) is 18.9 Å². The molecule has 1 aromatic carbocycles. The van der Waals surface area contributed by atoms with Crippen LogP contribution in [0.2, 0.25) is 5.02 Å². The van der Waals surface area contributed by atoms with Gasteiger partial charge in [0.25, 0.3) is 5.91 Å². The Morgan fingerprint density at radius 1 is 1.38 bits per heavy atom. The minimum Gasteiger partial charge on any atom is -0.481 e. The van der Waals surface area contributed by atoms with Gasteiger partial charge < -0.3 is 10.1 Å². The number of hydrogen-bond acceptors (Lipinski definition) is 2. The predicted octanol–water partition coefficient (Wildman–Crippen LogP) is 2.69. The number of benzene rings is 1. The van der Waals surface area contributed by atoms with E-state index < -0.39 is 30.0 Å². The summed E-state index contributed by atoms with van der Waals surface area (Å²) in [6, 6.07) is 1.97. The summed E-state index contributed by atoms with van der Waals surface area (Å²) in [5.74, 6) is -0.903. The molecule has 1 aliphatic heterocycles. The number of fused-ring (bicyclic) bond motifs is 1. The summed E-state index contributed by atoms with van der Waals surface area (Å²) in [6.07, 6.45) is -4.57. The maximum absolute atomic E-state index is 12.6. The number of alkyl halides is 3. The van der Waals surface area contributed by atoms with Crippen LogP contribution in [0.1, 0.15) is 5.56 Å². The fraction of sp³-hybridized carbons (Fsp3) is 0.222. The van der Waals surface area contributed by atoms with E-state index in [9.17, 15) is 18.0 Å². The fourth-order valence-electron chi connectivity index (χ4n) is 1.38. The van der Waals surface area contributed by atoms with Crippen LogP contribution < -0.4 is 10.1 Å². The Balaban J connectivity index is 2.59. The van der Waals surface area contributed by atoms with E-state index in [0.717, 1.165) is 6.07 Å². The molecule has 1 amide bonds. The molecular weight excluding hydrogens is 247 g/mol. The van der Waals surface area contributed by atoms with Gasteiger partial charge in [-0.25, -0.2) is 0 Å². The third kappa shape index (κ3) is 1.92. The lowest BCUT2D eigenvalue weighted by Gasteiger charge is -2.22. The summed E-state index contributed by atoms with van der Waals surface area (Å²) in [7, 11) is 0. The van der Waals surface area contributed by atoms with E-state index in [1.807, 2.05) is 0 Å². The number of nitrogens with one attached hydrogen (secondary N) is 1. The molecule has 0 aromatic heterocycles. The SMILES string of the molecule is O=C1COc2c(cc(Cl)cc2C(F)(F)F)N1. The van der Waals surface area contributed by atoms with Crippen molar-refractivity contribution in [1.29, 1.82) is 0 Å². The van der Waals surface area contributed by atoms with E-state index in [0.29, 0.717) is 0 Å². The summed E-state index contributed by atoms with van der Waals surface area (Å²) in [5, 5.41) is 2.15. The lowest BCUT2D eigenvalue weighted by Crippen LogP contribution is -2.27. The Hall–Kier alpha value is -1.43. The molecule has 0 saturated carbocycles. The maximum Gasteiger partial charge on any atom is 0.420 e. The first kappa shape index (κ1) is 11.1. The van der Waals surface area contributed by atoms with Crippen molar-refractivity contribution in [2.24, 2.45) is 0 Å². The molecule has 86 valence electrons. The second kappa shape index (κ2) is 3.55. The molecular formula is C9H5ClF3NO2. The van der Waals surface area contributed by atoms with Crippen LogP contribution in [-0.2, 0) is 11.0 Å². The van der Waals surface area contributed by atoms with Gasteiger partial charge in [0.2, 0.25) is 0 Å². The first-order valence-corrected chi connectivity index (χ1v) is 4.59. The van der Waals surface area contributed by atoms with Crippen molar-refractivity contribution in [3.63, 3.8) is 0 Å². The van der Waals surface area contributed by atoms with Gasteiger partial charge in [-0.15, -0.1) is 0 Å². The number of hydrogen-bond donors (Lipinski definition) is 1. The topological polar surface area (TPSA) is 38.3 Å². The van der Waals surface area contributed by atoms with E-state index in [4.69, 9.17) is 16.3 Å². The molecule has 7 heteroatoms. The second-order valence-corrected chi connectivity index (χ2v) is 3.60. The first-order chi connectivity index (χ1) is 7.38. The van der Waals surface area contributed by atoms with Crippen molar-refractivity contribution in [2.45, 2.75) is 6.18 Å². The predicted molar refractivity (Wildman–Crippen MR) is 50.6 cm³/mol. The van der Waals surface area contributed by atoms with E-state index in [1.54, 1.807) is 0 Å². The Kier molecular flexibility index (Phi) is 2.46. The van der Waals surface area contributed by atoms with Gasteiger partial charge in [-0.2, -0.15) is 13.2 Å². The van der Waals surface area contributed by atoms with Crippen LogP contribution in [0.3, 0.4) is 0 Å². The van der Waals surface area contributed by atoms with Crippen LogP contribution in [0.5, 0.6) is 5.75 Å². The Bertz CT molecular complexity index is 459. The molecule has 3 nitrogen and oxygen atoms in total. The highest BCUT2D eigenvalue weighted by Gasteiger charge is 2.37. The summed E-state index contributed by atoms with van der Waals surface area (Å²) in [6.45, 7) is -0.433. The monoisotopic (exact) mass is 251 g/mol. The van der Waals surface area contributed by atoms with Crippen molar-refractivity contribution in [2.75, 3.05) is 11.9 Å². The number of anilines is 1. The number of amides is 1. The van der Waals surface area contributed by atoms with Gasteiger partial charge in [-0.1, -0.05) is 11.6 Å². The van der Waals surface area contributed by atoms with E-state index in [2.05, 4.69) is 5.32 Å². The molecule has 0 unspecified atom stereocenters. The first-order valence-electron chi connectivity index (χ1n) is 4.21. The summed E-state index contributed by atoms with van der Waals surface area (Å²) >= 11 is 5.53. The molecule has 0 atom stereocenters. The second-order valence-electron chi connectivity index (χ2n) is 3.16. The van der Waals surface area contributed by atoms with Crippen molar-refractivity contribution in [3.8, 4) is 5.75 Å². The number of rotatable bonds is 0. The minimum atomic E-state index is -4.57. The summed E-state index contributed by atoms with van der Waals surface area (Å²) < 4.78 is 42.6. The van der Waals surface area contributed by atoms with Crippen molar-refractivity contribution < 1.29 is 22.7 Å². The quantitative estimate of drug-likeness (QED) is 0.770. The van der Waals surface area contributed by atoms with Gasteiger partial charge >= 0.3 is 6.18 Å². The molecule has 1 aliphatic rings. The number of ether oxygens (including phenoxy) is 1. The van der Waals surface area contributed by atoms with Gasteiger partial charge in [0.1, 0.15) is 5.56 Å². The maximum atomic E-state index is 12.6. The van der Waals surface area contributed by atoms with Crippen molar-refractivity contribution >= 4 is 23.2 Å². The molecule has 1 aromatic rings. The molecule has 0 radical (unpaired) electrons.